The molecule has 0 radical (unpaired) electrons. The SMILES string of the molecule is COc1ccc2c(c1)c(N=NC(=O)COc1ccccc1)c(O)n2CCC(C)C. The van der Waals surface area contributed by atoms with Crippen LogP contribution in [-0.4, -0.2) is 29.3 Å². The molecule has 1 amide bonds. The average molecular weight is 395 g/mol. The van der Waals surface area contributed by atoms with Crippen molar-refractivity contribution in [3.05, 3.63) is 48.5 Å². The molecule has 0 saturated carbocycles. The number of carbonyl (C=O) groups excluding carboxylic acids is 1. The second-order valence-corrected chi connectivity index (χ2v) is 7.08. The molecule has 3 rings (SSSR count). The van der Waals surface area contributed by atoms with Gasteiger partial charge in [0.1, 0.15) is 11.5 Å². The molecule has 1 N–H and O–H groups in total. The summed E-state index contributed by atoms with van der Waals surface area (Å²) in [6.07, 6.45) is 0.893. The molecule has 0 fully saturated rings. The number of aromatic nitrogens is 1. The van der Waals surface area contributed by atoms with Crippen LogP contribution in [0.1, 0.15) is 20.3 Å². The maximum Gasteiger partial charge on any atom is 0.302 e. The van der Waals surface area contributed by atoms with Crippen molar-refractivity contribution in [1.82, 2.24) is 4.57 Å². The van der Waals surface area contributed by atoms with Crippen molar-refractivity contribution in [2.75, 3.05) is 13.7 Å². The first-order valence-electron chi connectivity index (χ1n) is 9.51. The Morgan fingerprint density at radius 2 is 1.90 bits per heavy atom. The van der Waals surface area contributed by atoms with E-state index in [-0.39, 0.29) is 18.2 Å². The van der Waals surface area contributed by atoms with Crippen LogP contribution in [0, 0.1) is 5.92 Å². The van der Waals surface area contributed by atoms with Gasteiger partial charge in [0.2, 0.25) is 5.88 Å². The zero-order valence-electron chi connectivity index (χ0n) is 16.8. The van der Waals surface area contributed by atoms with E-state index in [1.165, 1.54) is 0 Å². The third-order valence-corrected chi connectivity index (χ3v) is 4.51. The fourth-order valence-electron chi connectivity index (χ4n) is 2.94. The van der Waals surface area contributed by atoms with Crippen molar-refractivity contribution in [2.24, 2.45) is 16.1 Å². The summed E-state index contributed by atoms with van der Waals surface area (Å²) >= 11 is 0. The maximum atomic E-state index is 12.1. The highest BCUT2D eigenvalue weighted by molar-refractivity contribution is 5.96. The number of hydrogen-bond acceptors (Lipinski definition) is 5. The minimum absolute atomic E-state index is 0.0190. The molecule has 3 aromatic rings. The Balaban J connectivity index is 1.85. The van der Waals surface area contributed by atoms with Crippen molar-refractivity contribution in [3.8, 4) is 17.4 Å². The highest BCUT2D eigenvalue weighted by Gasteiger charge is 2.18. The van der Waals surface area contributed by atoms with E-state index in [1.54, 1.807) is 29.9 Å². The smallest absolute Gasteiger partial charge is 0.302 e. The lowest BCUT2D eigenvalue weighted by Crippen LogP contribution is -2.07. The molecule has 0 saturated heterocycles. The summed E-state index contributed by atoms with van der Waals surface area (Å²) in [7, 11) is 1.57. The van der Waals surface area contributed by atoms with Gasteiger partial charge in [-0.2, -0.15) is 0 Å². The number of benzene rings is 2. The van der Waals surface area contributed by atoms with Crippen LogP contribution in [0.15, 0.2) is 58.8 Å². The first-order chi connectivity index (χ1) is 14.0. The van der Waals surface area contributed by atoms with E-state index in [4.69, 9.17) is 9.47 Å². The van der Waals surface area contributed by atoms with E-state index in [1.807, 2.05) is 30.3 Å². The molecule has 1 heterocycles. The van der Waals surface area contributed by atoms with Gasteiger partial charge in [-0.3, -0.25) is 4.79 Å². The Morgan fingerprint density at radius 3 is 2.59 bits per heavy atom. The second-order valence-electron chi connectivity index (χ2n) is 7.08. The number of para-hydroxylation sites is 1. The largest absolute Gasteiger partial charge is 0.497 e. The van der Waals surface area contributed by atoms with Gasteiger partial charge < -0.3 is 19.1 Å². The summed E-state index contributed by atoms with van der Waals surface area (Å²) in [6.45, 7) is 4.64. The minimum Gasteiger partial charge on any atom is -0.497 e. The number of aryl methyl sites for hydroxylation is 1. The Bertz CT molecular complexity index is 1010. The van der Waals surface area contributed by atoms with Gasteiger partial charge >= 0.3 is 5.91 Å². The zero-order valence-corrected chi connectivity index (χ0v) is 16.8. The van der Waals surface area contributed by atoms with E-state index < -0.39 is 5.91 Å². The second kappa shape index (κ2) is 9.23. The number of azo groups is 1. The van der Waals surface area contributed by atoms with Gasteiger partial charge in [-0.15, -0.1) is 10.2 Å². The van der Waals surface area contributed by atoms with Crippen LogP contribution in [0.3, 0.4) is 0 Å². The van der Waals surface area contributed by atoms with Crippen LogP contribution in [0.4, 0.5) is 5.69 Å². The summed E-state index contributed by atoms with van der Waals surface area (Å²) in [5.74, 6) is 1.13. The fourth-order valence-corrected chi connectivity index (χ4v) is 2.94. The molecule has 7 heteroatoms. The molecule has 0 aliphatic carbocycles. The number of carbonyl (C=O) groups is 1. The number of nitrogens with zero attached hydrogens (tertiary/aromatic N) is 3. The molecule has 0 atom stereocenters. The first-order valence-corrected chi connectivity index (χ1v) is 9.51. The van der Waals surface area contributed by atoms with Crippen LogP contribution in [0.25, 0.3) is 10.9 Å². The van der Waals surface area contributed by atoms with Crippen molar-refractivity contribution >= 4 is 22.5 Å². The molecule has 29 heavy (non-hydrogen) atoms. The van der Waals surface area contributed by atoms with Gasteiger partial charge in [0.15, 0.2) is 12.3 Å². The number of methoxy groups -OCH3 is 1. The van der Waals surface area contributed by atoms with Gasteiger partial charge in [-0.05, 0) is 42.7 Å². The molecule has 0 unspecified atom stereocenters. The van der Waals surface area contributed by atoms with E-state index in [0.717, 1.165) is 11.9 Å². The highest BCUT2D eigenvalue weighted by atomic mass is 16.5. The van der Waals surface area contributed by atoms with Crippen molar-refractivity contribution in [3.63, 3.8) is 0 Å². The molecule has 0 aliphatic heterocycles. The predicted octanol–water partition coefficient (Wildman–Crippen LogP) is 5.09. The molecule has 1 aromatic heterocycles. The van der Waals surface area contributed by atoms with Crippen LogP contribution in [-0.2, 0) is 11.3 Å². The topological polar surface area (TPSA) is 85.4 Å². The number of fused-ring (bicyclic) bond motifs is 1. The molecular formula is C22H25N3O4. The van der Waals surface area contributed by atoms with Crippen molar-refractivity contribution < 1.29 is 19.4 Å². The van der Waals surface area contributed by atoms with Gasteiger partial charge in [0, 0.05) is 11.9 Å². The minimum atomic E-state index is -0.542. The number of aromatic hydroxyl groups is 1. The monoisotopic (exact) mass is 395 g/mol. The lowest BCUT2D eigenvalue weighted by molar-refractivity contribution is -0.120. The summed E-state index contributed by atoms with van der Waals surface area (Å²) in [6, 6.07) is 14.5. The van der Waals surface area contributed by atoms with Gasteiger partial charge in [-0.25, -0.2) is 0 Å². The van der Waals surface area contributed by atoms with Gasteiger partial charge in [0.25, 0.3) is 0 Å². The number of rotatable bonds is 8. The van der Waals surface area contributed by atoms with E-state index >= 15 is 0 Å². The third-order valence-electron chi connectivity index (χ3n) is 4.51. The molecule has 0 bridgehead atoms. The molecule has 152 valence electrons. The quantitative estimate of drug-likeness (QED) is 0.538. The van der Waals surface area contributed by atoms with E-state index in [0.29, 0.717) is 29.3 Å². The Morgan fingerprint density at radius 1 is 1.14 bits per heavy atom. The summed E-state index contributed by atoms with van der Waals surface area (Å²) in [5, 5.41) is 19.2. The molecular weight excluding hydrogens is 370 g/mol. The summed E-state index contributed by atoms with van der Waals surface area (Å²) < 4.78 is 12.5. The van der Waals surface area contributed by atoms with Crippen LogP contribution >= 0.6 is 0 Å². The van der Waals surface area contributed by atoms with E-state index in [9.17, 15) is 9.90 Å². The maximum absolute atomic E-state index is 12.1. The molecule has 7 nitrogen and oxygen atoms in total. The Hall–Kier alpha value is -3.35. The predicted molar refractivity (Wildman–Crippen MR) is 111 cm³/mol. The number of amides is 1. The lowest BCUT2D eigenvalue weighted by atomic mass is 10.1. The number of hydrogen-bond donors (Lipinski definition) is 1. The van der Waals surface area contributed by atoms with Crippen LogP contribution in [0.2, 0.25) is 0 Å². The molecule has 0 spiro atoms. The van der Waals surface area contributed by atoms with E-state index in [2.05, 4.69) is 24.1 Å². The van der Waals surface area contributed by atoms with Gasteiger partial charge in [0.05, 0.1) is 12.6 Å². The average Bonchev–Trinajstić information content (AvgIpc) is 2.99. The standard InChI is InChI=1S/C22H25N3O4/c1-15(2)11-12-25-19-10-9-17(28-3)13-18(19)21(22(25)27)24-23-20(26)14-29-16-7-5-4-6-8-16/h4-10,13,15,27H,11-12,14H2,1-3H3. The fraction of sp³-hybridized carbons (Fsp3) is 0.318. The first kappa shape index (κ1) is 20.4. The van der Waals surface area contributed by atoms with Gasteiger partial charge in [-0.1, -0.05) is 32.0 Å². The summed E-state index contributed by atoms with van der Waals surface area (Å²) in [4.78, 5) is 12.1. The molecule has 2 aromatic carbocycles. The Labute approximate surface area is 169 Å². The normalized spacial score (nSPS) is 11.4. The van der Waals surface area contributed by atoms with Crippen LogP contribution in [0.5, 0.6) is 17.4 Å². The highest BCUT2D eigenvalue weighted by Crippen LogP contribution is 2.40. The number of ether oxygens (including phenoxy) is 2. The Kier molecular flexibility index (Phi) is 6.49. The lowest BCUT2D eigenvalue weighted by Gasteiger charge is -2.09. The van der Waals surface area contributed by atoms with Crippen molar-refractivity contribution in [2.45, 2.75) is 26.8 Å². The van der Waals surface area contributed by atoms with Crippen molar-refractivity contribution in [1.29, 1.82) is 0 Å². The molecule has 0 aliphatic rings. The third kappa shape index (κ3) is 4.93. The summed E-state index contributed by atoms with van der Waals surface area (Å²) in [5.41, 5.74) is 1.06. The zero-order chi connectivity index (χ0) is 20.8. The van der Waals surface area contributed by atoms with Crippen LogP contribution < -0.4 is 9.47 Å².